The molecule has 2 aliphatic rings. The third-order valence-electron chi connectivity index (χ3n) is 3.76. The number of aromatic nitrogens is 3. The Labute approximate surface area is 127 Å². The number of aliphatic hydroxyl groups is 1. The summed E-state index contributed by atoms with van der Waals surface area (Å²) in [5.74, 6) is -0.319. The predicted molar refractivity (Wildman–Crippen MR) is 75.7 cm³/mol. The Kier molecular flexibility index (Phi) is 3.64. The Hall–Kier alpha value is -1.22. The summed E-state index contributed by atoms with van der Waals surface area (Å²) >= 11 is 5.77. The molecule has 2 heterocycles. The first kappa shape index (κ1) is 14.7. The van der Waals surface area contributed by atoms with Gasteiger partial charge in [-0.05, 0) is 31.9 Å². The standard InChI is InChI=1S/C12H18ClN5O3/c1-12(2)20-7-5(4-19)3-6(8(7)21-12)15-11-17-9(13)16-10(14)18-11/h5-8,19H,3-4H2,1-2H3,(H3,14,15,16,17,18)/t5-,6-,7-,8+/m1/s1. The van der Waals surface area contributed by atoms with Gasteiger partial charge in [-0.3, -0.25) is 0 Å². The first-order valence-electron chi connectivity index (χ1n) is 6.78. The van der Waals surface area contributed by atoms with E-state index >= 15 is 0 Å². The van der Waals surface area contributed by atoms with Gasteiger partial charge in [0.05, 0.1) is 12.1 Å². The molecule has 3 rings (SSSR count). The fourth-order valence-electron chi connectivity index (χ4n) is 3.00. The summed E-state index contributed by atoms with van der Waals surface area (Å²) in [4.78, 5) is 11.7. The molecule has 9 heteroatoms. The predicted octanol–water partition coefficient (Wildman–Crippen LogP) is 0.420. The molecule has 1 saturated carbocycles. The van der Waals surface area contributed by atoms with Gasteiger partial charge in [0, 0.05) is 12.5 Å². The van der Waals surface area contributed by atoms with Crippen molar-refractivity contribution in [2.24, 2.45) is 5.92 Å². The van der Waals surface area contributed by atoms with Gasteiger partial charge in [0.25, 0.3) is 0 Å². The van der Waals surface area contributed by atoms with E-state index in [2.05, 4.69) is 20.3 Å². The Morgan fingerprint density at radius 3 is 2.71 bits per heavy atom. The van der Waals surface area contributed by atoms with Gasteiger partial charge in [-0.1, -0.05) is 0 Å². The van der Waals surface area contributed by atoms with E-state index in [1.54, 1.807) is 0 Å². The summed E-state index contributed by atoms with van der Waals surface area (Å²) in [7, 11) is 0. The number of nitrogen functional groups attached to an aromatic ring is 1. The minimum Gasteiger partial charge on any atom is -0.396 e. The molecule has 4 N–H and O–H groups in total. The molecule has 8 nitrogen and oxygen atoms in total. The maximum Gasteiger partial charge on any atom is 0.229 e. The van der Waals surface area contributed by atoms with Gasteiger partial charge in [0.1, 0.15) is 6.10 Å². The Morgan fingerprint density at radius 2 is 2.05 bits per heavy atom. The van der Waals surface area contributed by atoms with Crippen LogP contribution in [0.5, 0.6) is 0 Å². The van der Waals surface area contributed by atoms with Crippen molar-refractivity contribution in [3.05, 3.63) is 5.28 Å². The molecule has 0 spiro atoms. The number of hydrogen-bond acceptors (Lipinski definition) is 8. The van der Waals surface area contributed by atoms with E-state index in [9.17, 15) is 5.11 Å². The number of nitrogens with one attached hydrogen (secondary N) is 1. The zero-order valence-corrected chi connectivity index (χ0v) is 12.5. The van der Waals surface area contributed by atoms with Gasteiger partial charge in [-0.2, -0.15) is 15.0 Å². The van der Waals surface area contributed by atoms with Crippen molar-refractivity contribution in [1.29, 1.82) is 0 Å². The first-order valence-corrected chi connectivity index (χ1v) is 7.16. The molecule has 4 atom stereocenters. The highest BCUT2D eigenvalue weighted by Gasteiger charge is 2.53. The minimum atomic E-state index is -0.668. The van der Waals surface area contributed by atoms with E-state index in [1.807, 2.05) is 13.8 Å². The highest BCUT2D eigenvalue weighted by molar-refractivity contribution is 6.28. The number of hydrogen-bond donors (Lipinski definition) is 3. The van der Waals surface area contributed by atoms with Crippen LogP contribution in [0, 0.1) is 5.92 Å². The quantitative estimate of drug-likeness (QED) is 0.735. The average Bonchev–Trinajstić information content (AvgIpc) is 2.82. The summed E-state index contributed by atoms with van der Waals surface area (Å²) in [5, 5.41) is 12.7. The summed E-state index contributed by atoms with van der Waals surface area (Å²) in [6.45, 7) is 3.75. The molecular weight excluding hydrogens is 298 g/mol. The van der Waals surface area contributed by atoms with Gasteiger partial charge in [-0.15, -0.1) is 0 Å². The number of ether oxygens (including phenoxy) is 2. The fourth-order valence-corrected chi connectivity index (χ4v) is 3.17. The summed E-state index contributed by atoms with van der Waals surface area (Å²) in [6.07, 6.45) is 0.344. The van der Waals surface area contributed by atoms with Crippen molar-refractivity contribution >= 4 is 23.5 Å². The molecule has 0 unspecified atom stereocenters. The molecule has 1 saturated heterocycles. The number of nitrogens with zero attached hydrogens (tertiary/aromatic N) is 3. The molecule has 1 aromatic rings. The second-order valence-corrected chi connectivity index (χ2v) is 6.12. The van der Waals surface area contributed by atoms with E-state index in [0.717, 1.165) is 0 Å². The Morgan fingerprint density at radius 1 is 1.33 bits per heavy atom. The van der Waals surface area contributed by atoms with E-state index < -0.39 is 5.79 Å². The van der Waals surface area contributed by atoms with Crippen LogP contribution in [0.4, 0.5) is 11.9 Å². The SMILES string of the molecule is CC1(C)O[C@@H]2[C@@H](CO)C[C@@H](Nc3nc(N)nc(Cl)n3)[C@@H]2O1. The average molecular weight is 316 g/mol. The highest BCUT2D eigenvalue weighted by Crippen LogP contribution is 2.42. The number of halogens is 1. The van der Waals surface area contributed by atoms with Crippen molar-refractivity contribution in [3.63, 3.8) is 0 Å². The zero-order chi connectivity index (χ0) is 15.2. The third kappa shape index (κ3) is 2.89. The lowest BCUT2D eigenvalue weighted by Crippen LogP contribution is -2.35. The lowest BCUT2D eigenvalue weighted by molar-refractivity contribution is -0.158. The van der Waals surface area contributed by atoms with Crippen LogP contribution in [0.3, 0.4) is 0 Å². The molecule has 21 heavy (non-hydrogen) atoms. The maximum atomic E-state index is 9.51. The Bertz CT molecular complexity index is 523. The van der Waals surface area contributed by atoms with Gasteiger partial charge in [-0.25, -0.2) is 0 Å². The third-order valence-corrected chi connectivity index (χ3v) is 3.92. The number of anilines is 2. The van der Waals surface area contributed by atoms with Crippen LogP contribution in [0.25, 0.3) is 0 Å². The fraction of sp³-hybridized carbons (Fsp3) is 0.750. The van der Waals surface area contributed by atoms with Gasteiger partial charge >= 0.3 is 0 Å². The largest absolute Gasteiger partial charge is 0.396 e. The van der Waals surface area contributed by atoms with Crippen molar-refractivity contribution < 1.29 is 14.6 Å². The number of aliphatic hydroxyl groups excluding tert-OH is 1. The van der Waals surface area contributed by atoms with Crippen molar-refractivity contribution in [2.75, 3.05) is 17.7 Å². The molecule has 1 aromatic heterocycles. The van der Waals surface area contributed by atoms with Crippen LogP contribution in [-0.2, 0) is 9.47 Å². The van der Waals surface area contributed by atoms with Gasteiger partial charge < -0.3 is 25.6 Å². The van der Waals surface area contributed by atoms with Crippen molar-refractivity contribution in [2.45, 2.75) is 44.3 Å². The van der Waals surface area contributed by atoms with E-state index in [0.29, 0.717) is 12.4 Å². The van der Waals surface area contributed by atoms with E-state index in [-0.39, 0.29) is 42.0 Å². The normalized spacial score (nSPS) is 33.9. The minimum absolute atomic E-state index is 0.00364. The van der Waals surface area contributed by atoms with Crippen LogP contribution < -0.4 is 11.1 Å². The smallest absolute Gasteiger partial charge is 0.229 e. The molecule has 0 aromatic carbocycles. The van der Waals surface area contributed by atoms with Gasteiger partial charge in [0.2, 0.25) is 17.2 Å². The second-order valence-electron chi connectivity index (χ2n) is 5.78. The Balaban J connectivity index is 1.79. The first-order chi connectivity index (χ1) is 9.88. The number of rotatable bonds is 3. The van der Waals surface area contributed by atoms with Crippen LogP contribution in [0.2, 0.25) is 5.28 Å². The molecule has 1 aliphatic carbocycles. The van der Waals surface area contributed by atoms with Crippen LogP contribution in [-0.4, -0.2) is 50.7 Å². The maximum absolute atomic E-state index is 9.51. The molecule has 0 radical (unpaired) electrons. The number of fused-ring (bicyclic) bond motifs is 1. The summed E-state index contributed by atoms with van der Waals surface area (Å²) in [5.41, 5.74) is 5.55. The molecule has 1 aliphatic heterocycles. The molecular formula is C12H18ClN5O3. The van der Waals surface area contributed by atoms with Crippen LogP contribution in [0.15, 0.2) is 0 Å². The second kappa shape index (κ2) is 5.20. The number of nitrogens with two attached hydrogens (primary N) is 1. The highest BCUT2D eigenvalue weighted by atomic mass is 35.5. The van der Waals surface area contributed by atoms with E-state index in [4.69, 9.17) is 26.8 Å². The van der Waals surface area contributed by atoms with Crippen molar-refractivity contribution in [1.82, 2.24) is 15.0 Å². The topological polar surface area (TPSA) is 115 Å². The monoisotopic (exact) mass is 315 g/mol. The lowest BCUT2D eigenvalue weighted by atomic mass is 10.1. The summed E-state index contributed by atoms with van der Waals surface area (Å²) < 4.78 is 11.8. The van der Waals surface area contributed by atoms with Crippen LogP contribution in [0.1, 0.15) is 20.3 Å². The van der Waals surface area contributed by atoms with E-state index in [1.165, 1.54) is 0 Å². The lowest BCUT2D eigenvalue weighted by Gasteiger charge is -2.23. The molecule has 0 amide bonds. The zero-order valence-electron chi connectivity index (χ0n) is 11.8. The molecule has 2 fully saturated rings. The molecule has 116 valence electrons. The van der Waals surface area contributed by atoms with Crippen LogP contribution >= 0.6 is 11.6 Å². The van der Waals surface area contributed by atoms with Gasteiger partial charge in [0.15, 0.2) is 5.79 Å². The van der Waals surface area contributed by atoms with Crippen molar-refractivity contribution in [3.8, 4) is 0 Å². The summed E-state index contributed by atoms with van der Waals surface area (Å²) in [6, 6.07) is -0.0909. The molecule has 0 bridgehead atoms.